The number of hydrogen-bond acceptors (Lipinski definition) is 1. The third-order valence-corrected chi connectivity index (χ3v) is 2.02. The summed E-state index contributed by atoms with van der Waals surface area (Å²) < 4.78 is 7.52. The zero-order chi connectivity index (χ0) is 8.77. The highest BCUT2D eigenvalue weighted by Crippen LogP contribution is 2.23. The summed E-state index contributed by atoms with van der Waals surface area (Å²) in [5, 5.41) is 1.17. The molecule has 0 aliphatic rings. The topological polar surface area (TPSA) is 18.1 Å². The van der Waals surface area contributed by atoms with E-state index in [1.165, 1.54) is 5.39 Å². The van der Waals surface area contributed by atoms with E-state index in [9.17, 15) is 0 Å². The van der Waals surface area contributed by atoms with Gasteiger partial charge < -0.3 is 8.98 Å². The molecule has 2 aromatic heterocycles. The first-order chi connectivity index (χ1) is 5.59. The lowest BCUT2D eigenvalue weighted by Gasteiger charge is -2.20. The van der Waals surface area contributed by atoms with Crippen LogP contribution in [0.3, 0.4) is 0 Å². The second-order valence-corrected chi connectivity index (χ2v) is 4.04. The predicted octanol–water partition coefficient (Wildman–Crippen LogP) is 2.99. The first-order valence-electron chi connectivity index (χ1n) is 4.14. The number of furan rings is 1. The highest BCUT2D eigenvalue weighted by molar-refractivity contribution is 5.74. The Bertz CT molecular complexity index is 389. The summed E-state index contributed by atoms with van der Waals surface area (Å²) in [6.45, 7) is 6.48. The highest BCUT2D eigenvalue weighted by atomic mass is 16.3. The Labute approximate surface area is 71.8 Å². The van der Waals surface area contributed by atoms with Crippen molar-refractivity contribution in [2.24, 2.45) is 0 Å². The summed E-state index contributed by atoms with van der Waals surface area (Å²) in [5.41, 5.74) is 1.06. The molecule has 0 aromatic carbocycles. The molecule has 2 rings (SSSR count). The second-order valence-electron chi connectivity index (χ2n) is 4.04. The molecule has 0 bridgehead atoms. The minimum atomic E-state index is 0.0968. The maximum Gasteiger partial charge on any atom is 0.207 e. The lowest BCUT2D eigenvalue weighted by atomic mass is 10.1. The molecule has 0 N–H and O–H groups in total. The van der Waals surface area contributed by atoms with Gasteiger partial charge in [0.2, 0.25) is 5.71 Å². The molecule has 0 saturated carbocycles. The maximum atomic E-state index is 5.38. The number of nitrogens with zero attached hydrogens (tertiary/aromatic N) is 1. The second kappa shape index (κ2) is 2.16. The van der Waals surface area contributed by atoms with Crippen LogP contribution in [0, 0.1) is 0 Å². The van der Waals surface area contributed by atoms with E-state index in [2.05, 4.69) is 37.6 Å². The van der Waals surface area contributed by atoms with Gasteiger partial charge in [0.15, 0.2) is 0 Å². The van der Waals surface area contributed by atoms with E-state index in [-0.39, 0.29) is 5.54 Å². The van der Waals surface area contributed by atoms with Gasteiger partial charge in [-0.3, -0.25) is 0 Å². The molecule has 12 heavy (non-hydrogen) atoms. The number of aromatic nitrogens is 1. The van der Waals surface area contributed by atoms with Gasteiger partial charge in [-0.2, -0.15) is 0 Å². The van der Waals surface area contributed by atoms with Crippen LogP contribution in [0.15, 0.2) is 29.0 Å². The van der Waals surface area contributed by atoms with Crippen LogP contribution >= 0.6 is 0 Å². The Morgan fingerprint density at radius 1 is 1.25 bits per heavy atom. The quantitative estimate of drug-likeness (QED) is 0.584. The Hall–Kier alpha value is -1.18. The van der Waals surface area contributed by atoms with Gasteiger partial charge in [0, 0.05) is 17.1 Å². The fourth-order valence-corrected chi connectivity index (χ4v) is 1.38. The van der Waals surface area contributed by atoms with Crippen LogP contribution in [0.1, 0.15) is 20.8 Å². The summed E-state index contributed by atoms with van der Waals surface area (Å²) >= 11 is 0. The summed E-state index contributed by atoms with van der Waals surface area (Å²) in [4.78, 5) is 0. The highest BCUT2D eigenvalue weighted by Gasteiger charge is 2.16. The summed E-state index contributed by atoms with van der Waals surface area (Å²) in [6.07, 6.45) is 3.79. The predicted molar refractivity (Wildman–Crippen MR) is 49.2 cm³/mol. The molecule has 0 radical (unpaired) electrons. The van der Waals surface area contributed by atoms with Crippen LogP contribution in [0.2, 0.25) is 0 Å². The Balaban J connectivity index is 2.69. The zero-order valence-electron chi connectivity index (χ0n) is 7.66. The minimum absolute atomic E-state index is 0.0968. The Morgan fingerprint density at radius 3 is 2.67 bits per heavy atom. The van der Waals surface area contributed by atoms with Crippen molar-refractivity contribution in [2.75, 3.05) is 0 Å². The molecule has 0 saturated heterocycles. The molecular formula is C10H13NO. The Kier molecular flexibility index (Phi) is 1.34. The normalized spacial score (nSPS) is 12.6. The molecule has 2 heteroatoms. The standard InChI is InChI=1S/C10H13NO/c1-10(2,3)11-6-4-8-5-7-12-9(8)11/h4-7H,1-3H3. The van der Waals surface area contributed by atoms with Crippen molar-refractivity contribution in [3.8, 4) is 0 Å². The SMILES string of the molecule is CC(C)(C)n1ccc2ccoc21. The van der Waals surface area contributed by atoms with E-state index in [4.69, 9.17) is 4.42 Å². The van der Waals surface area contributed by atoms with Gasteiger partial charge in [0.05, 0.1) is 6.26 Å². The molecule has 0 aliphatic carbocycles. The van der Waals surface area contributed by atoms with E-state index < -0.39 is 0 Å². The van der Waals surface area contributed by atoms with Crippen LogP contribution in [-0.2, 0) is 5.54 Å². The molecule has 64 valence electrons. The maximum absolute atomic E-state index is 5.38. The molecule has 0 spiro atoms. The van der Waals surface area contributed by atoms with Gasteiger partial charge in [-0.15, -0.1) is 0 Å². The van der Waals surface area contributed by atoms with Gasteiger partial charge in [-0.1, -0.05) is 0 Å². The molecule has 0 amide bonds. The van der Waals surface area contributed by atoms with E-state index >= 15 is 0 Å². The van der Waals surface area contributed by atoms with Crippen molar-refractivity contribution in [1.29, 1.82) is 0 Å². The van der Waals surface area contributed by atoms with Crippen molar-refractivity contribution in [2.45, 2.75) is 26.3 Å². The average molecular weight is 163 g/mol. The van der Waals surface area contributed by atoms with Crippen LogP contribution in [0.5, 0.6) is 0 Å². The minimum Gasteiger partial charge on any atom is -0.448 e. The fourth-order valence-electron chi connectivity index (χ4n) is 1.38. The number of rotatable bonds is 0. The fraction of sp³-hybridized carbons (Fsp3) is 0.400. The first-order valence-corrected chi connectivity index (χ1v) is 4.14. The van der Waals surface area contributed by atoms with Crippen molar-refractivity contribution < 1.29 is 4.42 Å². The van der Waals surface area contributed by atoms with Gasteiger partial charge in [-0.05, 0) is 32.9 Å². The summed E-state index contributed by atoms with van der Waals surface area (Å²) in [7, 11) is 0. The zero-order valence-corrected chi connectivity index (χ0v) is 7.66. The average Bonchev–Trinajstić information content (AvgIpc) is 2.37. The molecule has 0 fully saturated rings. The first kappa shape index (κ1) is 7.47. The van der Waals surface area contributed by atoms with Gasteiger partial charge in [0.25, 0.3) is 0 Å². The monoisotopic (exact) mass is 163 g/mol. The van der Waals surface area contributed by atoms with Gasteiger partial charge >= 0.3 is 0 Å². The number of fused-ring (bicyclic) bond motifs is 1. The third kappa shape index (κ3) is 0.951. The molecule has 0 aliphatic heterocycles. The van der Waals surface area contributed by atoms with E-state index in [1.54, 1.807) is 6.26 Å². The molecule has 0 unspecified atom stereocenters. The van der Waals surface area contributed by atoms with E-state index in [0.717, 1.165) is 5.71 Å². The number of hydrogen-bond donors (Lipinski definition) is 0. The van der Waals surface area contributed by atoms with Crippen LogP contribution in [0.4, 0.5) is 0 Å². The van der Waals surface area contributed by atoms with Crippen molar-refractivity contribution in [3.63, 3.8) is 0 Å². The van der Waals surface area contributed by atoms with E-state index in [1.807, 2.05) is 6.07 Å². The molecule has 2 nitrogen and oxygen atoms in total. The summed E-state index contributed by atoms with van der Waals surface area (Å²) in [6, 6.07) is 4.06. The largest absolute Gasteiger partial charge is 0.448 e. The molecular weight excluding hydrogens is 150 g/mol. The molecule has 2 heterocycles. The smallest absolute Gasteiger partial charge is 0.207 e. The lowest BCUT2D eigenvalue weighted by Crippen LogP contribution is -2.20. The van der Waals surface area contributed by atoms with Gasteiger partial charge in [0.1, 0.15) is 0 Å². The van der Waals surface area contributed by atoms with Crippen LogP contribution in [-0.4, -0.2) is 4.57 Å². The van der Waals surface area contributed by atoms with E-state index in [0.29, 0.717) is 0 Å². The molecule has 2 aromatic rings. The lowest BCUT2D eigenvalue weighted by molar-refractivity contribution is 0.388. The van der Waals surface area contributed by atoms with Crippen molar-refractivity contribution in [1.82, 2.24) is 4.57 Å². The third-order valence-electron chi connectivity index (χ3n) is 2.02. The van der Waals surface area contributed by atoms with Crippen LogP contribution in [0.25, 0.3) is 11.1 Å². The molecule has 0 atom stereocenters. The van der Waals surface area contributed by atoms with Crippen LogP contribution < -0.4 is 0 Å². The van der Waals surface area contributed by atoms with Crippen molar-refractivity contribution >= 4 is 11.1 Å². The summed E-state index contributed by atoms with van der Waals surface area (Å²) in [5.74, 6) is 0. The Morgan fingerprint density at radius 2 is 2.00 bits per heavy atom. The van der Waals surface area contributed by atoms with Gasteiger partial charge in [-0.25, -0.2) is 0 Å². The van der Waals surface area contributed by atoms with Crippen molar-refractivity contribution in [3.05, 3.63) is 24.6 Å².